The molecule has 1 heterocycles. The number of nitrogens with two attached hydrogens (primary N) is 1. The molecule has 0 aliphatic heterocycles. The van der Waals surface area contributed by atoms with Crippen LogP contribution in [0, 0.1) is 5.92 Å². The third-order valence-electron chi connectivity index (χ3n) is 3.99. The summed E-state index contributed by atoms with van der Waals surface area (Å²) in [5.41, 5.74) is 7.34. The number of rotatable bonds is 5. The zero-order valence-corrected chi connectivity index (χ0v) is 14.5. The molecule has 132 valence electrons. The van der Waals surface area contributed by atoms with Crippen molar-refractivity contribution in [2.45, 2.75) is 24.8 Å². The van der Waals surface area contributed by atoms with Gasteiger partial charge >= 0.3 is 5.97 Å². The number of sulfonamides is 1. The first-order valence-corrected chi connectivity index (χ1v) is 9.14. The second kappa shape index (κ2) is 6.05. The summed E-state index contributed by atoms with van der Waals surface area (Å²) in [6.45, 7) is 3.27. The lowest BCUT2D eigenvalue weighted by atomic mass is 10.1. The van der Waals surface area contributed by atoms with E-state index in [4.69, 9.17) is 10.2 Å². The number of nitrogens with one attached hydrogen (secondary N) is 1. The molecule has 0 amide bonds. The Kier molecular flexibility index (Phi) is 4.18. The quantitative estimate of drug-likeness (QED) is 0.600. The number of anilines is 1. The number of carboxylic acids is 1. The fourth-order valence-electron chi connectivity index (χ4n) is 2.65. The fraction of sp³-hybridized carbons (Fsp3) is 0.235. The summed E-state index contributed by atoms with van der Waals surface area (Å²) in [4.78, 5) is 11.2. The van der Waals surface area contributed by atoms with Gasteiger partial charge in [0.2, 0.25) is 10.0 Å². The van der Waals surface area contributed by atoms with E-state index in [1.165, 1.54) is 12.1 Å². The number of aliphatic carboxylic acids is 1. The summed E-state index contributed by atoms with van der Waals surface area (Å²) in [7, 11) is -4.00. The van der Waals surface area contributed by atoms with Crippen LogP contribution in [0.1, 0.15) is 13.8 Å². The van der Waals surface area contributed by atoms with Crippen LogP contribution in [0.2, 0.25) is 0 Å². The predicted molar refractivity (Wildman–Crippen MR) is 94.7 cm³/mol. The van der Waals surface area contributed by atoms with E-state index in [9.17, 15) is 18.3 Å². The van der Waals surface area contributed by atoms with Crippen molar-refractivity contribution in [3.63, 3.8) is 0 Å². The summed E-state index contributed by atoms with van der Waals surface area (Å²) in [6.07, 6.45) is 0. The third-order valence-corrected chi connectivity index (χ3v) is 5.43. The molecule has 8 heteroatoms. The maximum Gasteiger partial charge on any atom is 0.322 e. The number of hydrogen-bond donors (Lipinski definition) is 3. The van der Waals surface area contributed by atoms with Crippen molar-refractivity contribution >= 4 is 43.6 Å². The normalized spacial score (nSPS) is 13.6. The Bertz CT molecular complexity index is 1070. The lowest BCUT2D eigenvalue weighted by Gasteiger charge is -2.17. The number of hydrogen-bond acceptors (Lipinski definition) is 5. The molecule has 1 aromatic heterocycles. The third kappa shape index (κ3) is 3.18. The second-order valence-corrected chi connectivity index (χ2v) is 7.91. The van der Waals surface area contributed by atoms with Gasteiger partial charge in [-0.15, -0.1) is 0 Å². The van der Waals surface area contributed by atoms with E-state index in [1.807, 2.05) is 0 Å². The summed E-state index contributed by atoms with van der Waals surface area (Å²) in [5, 5.41) is 10.7. The zero-order chi connectivity index (χ0) is 18.4. The van der Waals surface area contributed by atoms with E-state index in [-0.39, 0.29) is 4.90 Å². The standard InChI is InChI=1S/C17H18N2O5S/c1-9(2)16(17(20)21)19-25(22,23)11-4-5-12-13-7-10(18)3-6-14(13)24-15(12)8-11/h3-9,16,19H,18H2,1-2H3,(H,20,21)/t16-/m0/s1. The van der Waals surface area contributed by atoms with Crippen LogP contribution in [-0.2, 0) is 14.8 Å². The van der Waals surface area contributed by atoms with Gasteiger partial charge in [0, 0.05) is 22.5 Å². The van der Waals surface area contributed by atoms with Gasteiger partial charge in [-0.1, -0.05) is 13.8 Å². The topological polar surface area (TPSA) is 123 Å². The summed E-state index contributed by atoms with van der Waals surface area (Å²) in [6, 6.07) is 8.39. The monoisotopic (exact) mass is 362 g/mol. The second-order valence-electron chi connectivity index (χ2n) is 6.20. The Morgan fingerprint density at radius 1 is 1.12 bits per heavy atom. The van der Waals surface area contributed by atoms with Gasteiger partial charge in [-0.2, -0.15) is 4.72 Å². The zero-order valence-electron chi connectivity index (χ0n) is 13.7. The van der Waals surface area contributed by atoms with Gasteiger partial charge < -0.3 is 15.3 Å². The van der Waals surface area contributed by atoms with E-state index in [0.29, 0.717) is 16.9 Å². The van der Waals surface area contributed by atoms with Gasteiger partial charge in [0.1, 0.15) is 17.2 Å². The van der Waals surface area contributed by atoms with Crippen LogP contribution in [0.25, 0.3) is 21.9 Å². The van der Waals surface area contributed by atoms with Crippen LogP contribution in [0.3, 0.4) is 0 Å². The van der Waals surface area contributed by atoms with Gasteiger partial charge in [0.15, 0.2) is 0 Å². The van der Waals surface area contributed by atoms with Crippen molar-refractivity contribution in [3.8, 4) is 0 Å². The van der Waals surface area contributed by atoms with Gasteiger partial charge in [-0.3, -0.25) is 4.79 Å². The van der Waals surface area contributed by atoms with E-state index in [0.717, 1.165) is 10.8 Å². The molecule has 4 N–H and O–H groups in total. The minimum Gasteiger partial charge on any atom is -0.480 e. The number of nitrogen functional groups attached to an aromatic ring is 1. The predicted octanol–water partition coefficient (Wildman–Crippen LogP) is 2.56. The van der Waals surface area contributed by atoms with Crippen molar-refractivity contribution < 1.29 is 22.7 Å². The number of benzene rings is 2. The first-order valence-electron chi connectivity index (χ1n) is 7.66. The molecular formula is C17H18N2O5S. The minimum atomic E-state index is -4.00. The Hall–Kier alpha value is -2.58. The Balaban J connectivity index is 2.06. The lowest BCUT2D eigenvalue weighted by molar-refractivity contribution is -0.140. The molecule has 0 aliphatic rings. The van der Waals surface area contributed by atoms with Crippen molar-refractivity contribution in [3.05, 3.63) is 36.4 Å². The fourth-order valence-corrected chi connectivity index (χ4v) is 4.00. The molecule has 7 nitrogen and oxygen atoms in total. The molecule has 0 bridgehead atoms. The van der Waals surface area contributed by atoms with E-state index in [2.05, 4.69) is 4.72 Å². The van der Waals surface area contributed by atoms with E-state index >= 15 is 0 Å². The molecule has 0 spiro atoms. The van der Waals surface area contributed by atoms with Crippen LogP contribution in [0.5, 0.6) is 0 Å². The molecule has 0 saturated carbocycles. The highest BCUT2D eigenvalue weighted by molar-refractivity contribution is 7.89. The van der Waals surface area contributed by atoms with Gasteiger partial charge in [0.25, 0.3) is 0 Å². The Labute approximate surface area is 144 Å². The van der Waals surface area contributed by atoms with Crippen molar-refractivity contribution in [2.24, 2.45) is 5.92 Å². The lowest BCUT2D eigenvalue weighted by Crippen LogP contribution is -2.44. The molecule has 0 unspecified atom stereocenters. The summed E-state index contributed by atoms with van der Waals surface area (Å²) in [5.74, 6) is -1.62. The molecule has 3 aromatic rings. The highest BCUT2D eigenvalue weighted by Gasteiger charge is 2.28. The molecule has 0 radical (unpaired) electrons. The largest absolute Gasteiger partial charge is 0.480 e. The van der Waals surface area contributed by atoms with Gasteiger partial charge in [-0.05, 0) is 36.2 Å². The summed E-state index contributed by atoms with van der Waals surface area (Å²) < 4.78 is 33.0. The van der Waals surface area contributed by atoms with Gasteiger partial charge in [0.05, 0.1) is 4.90 Å². The van der Waals surface area contributed by atoms with E-state index < -0.39 is 28.0 Å². The first-order chi connectivity index (χ1) is 11.7. The molecule has 0 fully saturated rings. The van der Waals surface area contributed by atoms with Gasteiger partial charge in [-0.25, -0.2) is 8.42 Å². The number of fused-ring (bicyclic) bond motifs is 3. The van der Waals surface area contributed by atoms with Crippen molar-refractivity contribution in [1.29, 1.82) is 0 Å². The molecule has 0 saturated heterocycles. The minimum absolute atomic E-state index is 0.0565. The smallest absolute Gasteiger partial charge is 0.322 e. The highest BCUT2D eigenvalue weighted by Crippen LogP contribution is 2.31. The molecule has 2 aromatic carbocycles. The van der Waals surface area contributed by atoms with Crippen molar-refractivity contribution in [2.75, 3.05) is 5.73 Å². The number of carboxylic acid groups (broad SMARTS) is 1. The van der Waals surface area contributed by atoms with E-state index in [1.54, 1.807) is 38.1 Å². The molecule has 3 rings (SSSR count). The molecule has 25 heavy (non-hydrogen) atoms. The highest BCUT2D eigenvalue weighted by atomic mass is 32.2. The number of carbonyl (C=O) groups is 1. The Morgan fingerprint density at radius 3 is 2.48 bits per heavy atom. The van der Waals surface area contributed by atoms with Crippen LogP contribution in [0.15, 0.2) is 45.7 Å². The molecule has 0 aliphatic carbocycles. The van der Waals surface area contributed by atoms with Crippen LogP contribution >= 0.6 is 0 Å². The summed E-state index contributed by atoms with van der Waals surface area (Å²) >= 11 is 0. The maximum atomic E-state index is 12.5. The number of furan rings is 1. The SMILES string of the molecule is CC(C)[C@H](NS(=O)(=O)c1ccc2c(c1)oc1ccc(N)cc12)C(=O)O. The molecular weight excluding hydrogens is 344 g/mol. The average Bonchev–Trinajstić information content (AvgIpc) is 2.89. The molecule has 1 atom stereocenters. The maximum absolute atomic E-state index is 12.5. The van der Waals surface area contributed by atoms with Crippen LogP contribution in [0.4, 0.5) is 5.69 Å². The van der Waals surface area contributed by atoms with Crippen LogP contribution < -0.4 is 10.5 Å². The average molecular weight is 362 g/mol. The van der Waals surface area contributed by atoms with Crippen LogP contribution in [-0.4, -0.2) is 25.5 Å². The first kappa shape index (κ1) is 17.2. The Morgan fingerprint density at radius 2 is 1.84 bits per heavy atom. The van der Waals surface area contributed by atoms with Crippen molar-refractivity contribution in [1.82, 2.24) is 4.72 Å².